The molecule has 0 N–H and O–H groups in total. The number of hydrogen-bond donors (Lipinski definition) is 0. The van der Waals surface area contributed by atoms with Crippen LogP contribution in [0.25, 0.3) is 10.8 Å². The third-order valence-corrected chi connectivity index (χ3v) is 2.91. The molecular weight excluding hydrogens is 243 g/mol. The molecule has 0 fully saturated rings. The highest BCUT2D eigenvalue weighted by Crippen LogP contribution is 2.17. The summed E-state index contributed by atoms with van der Waals surface area (Å²) >= 11 is 0. The molecule has 0 unspecified atom stereocenters. The van der Waals surface area contributed by atoms with Gasteiger partial charge in [0, 0.05) is 6.42 Å². The van der Waals surface area contributed by atoms with Gasteiger partial charge in [-0.3, -0.25) is 0 Å². The van der Waals surface area contributed by atoms with Gasteiger partial charge < -0.3 is 4.74 Å². The van der Waals surface area contributed by atoms with Gasteiger partial charge in [-0.1, -0.05) is 30.3 Å². The van der Waals surface area contributed by atoms with E-state index in [-0.39, 0.29) is 13.0 Å². The van der Waals surface area contributed by atoms with Crippen LogP contribution < -0.4 is 0 Å². The molecule has 0 aliphatic carbocycles. The van der Waals surface area contributed by atoms with Gasteiger partial charge in [0.05, 0.1) is 12.2 Å². The minimum absolute atomic E-state index is 0.0924. The van der Waals surface area contributed by atoms with E-state index in [1.165, 1.54) is 13.8 Å². The predicted octanol–water partition coefficient (Wildman–Crippen LogP) is 4.13. The number of halogens is 1. The molecule has 19 heavy (non-hydrogen) atoms. The van der Waals surface area contributed by atoms with Gasteiger partial charge in [-0.05, 0) is 36.8 Å². The number of esters is 1. The lowest BCUT2D eigenvalue weighted by Crippen LogP contribution is -2.17. The number of hydrogen-bond acceptors (Lipinski definition) is 2. The van der Waals surface area contributed by atoms with Crippen molar-refractivity contribution in [1.82, 2.24) is 0 Å². The molecule has 0 heterocycles. The molecular formula is C16H17FO2. The summed E-state index contributed by atoms with van der Waals surface area (Å²) < 4.78 is 18.3. The van der Waals surface area contributed by atoms with E-state index >= 15 is 0 Å². The van der Waals surface area contributed by atoms with Gasteiger partial charge in [0.25, 0.3) is 0 Å². The highest BCUT2D eigenvalue weighted by atomic mass is 19.1. The van der Waals surface area contributed by atoms with Gasteiger partial charge in [-0.15, -0.1) is 0 Å². The van der Waals surface area contributed by atoms with Crippen LogP contribution in [-0.2, 0) is 4.74 Å². The minimum atomic E-state index is -1.32. The van der Waals surface area contributed by atoms with Gasteiger partial charge in [-0.25, -0.2) is 9.18 Å². The molecule has 0 amide bonds. The molecule has 2 rings (SSSR count). The second kappa shape index (κ2) is 5.39. The maximum Gasteiger partial charge on any atom is 0.338 e. The Morgan fingerprint density at radius 3 is 2.53 bits per heavy atom. The van der Waals surface area contributed by atoms with Crippen molar-refractivity contribution in [3.05, 3.63) is 48.0 Å². The first-order valence-corrected chi connectivity index (χ1v) is 6.30. The van der Waals surface area contributed by atoms with Crippen LogP contribution in [0.1, 0.15) is 30.6 Å². The summed E-state index contributed by atoms with van der Waals surface area (Å²) in [6, 6.07) is 13.2. The van der Waals surface area contributed by atoms with Crippen molar-refractivity contribution in [3.63, 3.8) is 0 Å². The maximum atomic E-state index is 13.3. The Hall–Kier alpha value is -1.90. The topological polar surface area (TPSA) is 26.3 Å². The van der Waals surface area contributed by atoms with Gasteiger partial charge >= 0.3 is 5.97 Å². The summed E-state index contributed by atoms with van der Waals surface area (Å²) in [5, 5.41) is 2.06. The third kappa shape index (κ3) is 3.78. The second-order valence-corrected chi connectivity index (χ2v) is 5.17. The van der Waals surface area contributed by atoms with Crippen LogP contribution in [0.2, 0.25) is 0 Å². The third-order valence-electron chi connectivity index (χ3n) is 2.91. The lowest BCUT2D eigenvalue weighted by Gasteiger charge is -2.13. The van der Waals surface area contributed by atoms with Gasteiger partial charge in [0.1, 0.15) is 5.67 Å². The number of benzene rings is 2. The maximum absolute atomic E-state index is 13.3. The van der Waals surface area contributed by atoms with E-state index in [2.05, 4.69) is 0 Å². The van der Waals surface area contributed by atoms with E-state index in [4.69, 9.17) is 4.74 Å². The predicted molar refractivity (Wildman–Crippen MR) is 74.0 cm³/mol. The average molecular weight is 260 g/mol. The quantitative estimate of drug-likeness (QED) is 0.772. The largest absolute Gasteiger partial charge is 0.462 e. The van der Waals surface area contributed by atoms with Crippen LogP contribution in [-0.4, -0.2) is 18.2 Å². The van der Waals surface area contributed by atoms with E-state index in [0.717, 1.165) is 10.8 Å². The van der Waals surface area contributed by atoms with Gasteiger partial charge in [0.2, 0.25) is 0 Å². The molecule has 3 heteroatoms. The molecule has 0 atom stereocenters. The van der Waals surface area contributed by atoms with Crippen molar-refractivity contribution in [1.29, 1.82) is 0 Å². The van der Waals surface area contributed by atoms with E-state index < -0.39 is 11.6 Å². The molecule has 0 aromatic heterocycles. The van der Waals surface area contributed by atoms with Crippen LogP contribution >= 0.6 is 0 Å². The fourth-order valence-electron chi connectivity index (χ4n) is 1.79. The zero-order valence-electron chi connectivity index (χ0n) is 11.2. The summed E-state index contributed by atoms with van der Waals surface area (Å²) in [6.45, 7) is 3.03. The monoisotopic (exact) mass is 260 g/mol. The van der Waals surface area contributed by atoms with Crippen LogP contribution in [0.5, 0.6) is 0 Å². The first-order valence-electron chi connectivity index (χ1n) is 6.30. The molecule has 0 saturated heterocycles. The Morgan fingerprint density at radius 1 is 1.16 bits per heavy atom. The fourth-order valence-corrected chi connectivity index (χ4v) is 1.79. The molecule has 2 aromatic rings. The zero-order chi connectivity index (χ0) is 13.9. The van der Waals surface area contributed by atoms with E-state index in [1.54, 1.807) is 12.1 Å². The van der Waals surface area contributed by atoms with E-state index in [9.17, 15) is 9.18 Å². The Morgan fingerprint density at radius 2 is 1.84 bits per heavy atom. The van der Waals surface area contributed by atoms with Crippen LogP contribution in [0.3, 0.4) is 0 Å². The Bertz CT molecular complexity index is 585. The number of carbonyl (C=O) groups is 1. The molecule has 0 saturated carbocycles. The molecule has 0 spiro atoms. The number of alkyl halides is 1. The standard InChI is InChI=1S/C16H17FO2/c1-16(2,17)9-10-19-15(18)14-8-7-12-5-3-4-6-13(12)11-14/h3-8,11H,9-10H2,1-2H3. The first-order chi connectivity index (χ1) is 8.96. The molecule has 0 radical (unpaired) electrons. The number of ether oxygens (including phenoxy) is 1. The summed E-state index contributed by atoms with van der Waals surface area (Å²) in [4.78, 5) is 11.8. The number of carbonyl (C=O) groups excluding carboxylic acids is 1. The zero-order valence-corrected chi connectivity index (χ0v) is 11.2. The first kappa shape index (κ1) is 13.5. The number of rotatable bonds is 4. The van der Waals surface area contributed by atoms with Crippen molar-refractivity contribution in [2.45, 2.75) is 25.9 Å². The molecule has 0 aliphatic rings. The van der Waals surface area contributed by atoms with E-state index in [1.807, 2.05) is 30.3 Å². The molecule has 100 valence electrons. The smallest absolute Gasteiger partial charge is 0.338 e. The normalized spacial score (nSPS) is 11.5. The lowest BCUT2D eigenvalue weighted by atomic mass is 10.1. The fraction of sp³-hybridized carbons (Fsp3) is 0.312. The second-order valence-electron chi connectivity index (χ2n) is 5.17. The summed E-state index contributed by atoms with van der Waals surface area (Å²) in [6.07, 6.45) is 0.201. The van der Waals surface area contributed by atoms with Gasteiger partial charge in [-0.2, -0.15) is 0 Å². The Labute approximate surface area is 112 Å². The average Bonchev–Trinajstić information content (AvgIpc) is 2.36. The van der Waals surface area contributed by atoms with Crippen molar-refractivity contribution >= 4 is 16.7 Å². The molecule has 0 aliphatic heterocycles. The van der Waals surface area contributed by atoms with Crippen molar-refractivity contribution < 1.29 is 13.9 Å². The summed E-state index contributed by atoms with van der Waals surface area (Å²) in [5.41, 5.74) is -0.820. The Kier molecular flexibility index (Phi) is 3.84. The number of fused-ring (bicyclic) bond motifs is 1. The van der Waals surface area contributed by atoms with Crippen molar-refractivity contribution in [2.24, 2.45) is 0 Å². The Balaban J connectivity index is 2.05. The summed E-state index contributed by atoms with van der Waals surface area (Å²) in [5.74, 6) is -0.407. The molecule has 2 nitrogen and oxygen atoms in total. The highest BCUT2D eigenvalue weighted by molar-refractivity contribution is 5.95. The highest BCUT2D eigenvalue weighted by Gasteiger charge is 2.16. The van der Waals surface area contributed by atoms with E-state index in [0.29, 0.717) is 5.56 Å². The van der Waals surface area contributed by atoms with Gasteiger partial charge in [0.15, 0.2) is 0 Å². The summed E-state index contributed by atoms with van der Waals surface area (Å²) in [7, 11) is 0. The minimum Gasteiger partial charge on any atom is -0.462 e. The van der Waals surface area contributed by atoms with Crippen molar-refractivity contribution in [3.8, 4) is 0 Å². The van der Waals surface area contributed by atoms with Crippen LogP contribution in [0.15, 0.2) is 42.5 Å². The lowest BCUT2D eigenvalue weighted by molar-refractivity contribution is 0.0433. The van der Waals surface area contributed by atoms with Crippen LogP contribution in [0.4, 0.5) is 4.39 Å². The van der Waals surface area contributed by atoms with Crippen LogP contribution in [0, 0.1) is 0 Å². The molecule has 0 bridgehead atoms. The van der Waals surface area contributed by atoms with Crippen molar-refractivity contribution in [2.75, 3.05) is 6.61 Å². The SMILES string of the molecule is CC(C)(F)CCOC(=O)c1ccc2ccccc2c1. The molecule has 2 aromatic carbocycles.